The number of imide groups is 1. The number of carbonyl (C=O) groups excluding carboxylic acids is 3. The second-order valence-electron chi connectivity index (χ2n) is 11.3. The smallest absolute Gasteiger partial charge is 0.248 e. The number of nitrogens with one attached hydrogen (secondary N) is 1. The summed E-state index contributed by atoms with van der Waals surface area (Å²) in [5, 5.41) is 3.09. The fourth-order valence-corrected chi connectivity index (χ4v) is 7.36. The lowest BCUT2D eigenvalue weighted by atomic mass is 9.55. The van der Waals surface area contributed by atoms with Crippen molar-refractivity contribution in [3.63, 3.8) is 0 Å². The molecule has 3 aliphatic carbocycles. The summed E-state index contributed by atoms with van der Waals surface area (Å²) in [6, 6.07) is 30.9. The van der Waals surface area contributed by atoms with Gasteiger partial charge in [-0.15, -0.1) is 0 Å². The van der Waals surface area contributed by atoms with Crippen molar-refractivity contribution in [3.05, 3.63) is 136 Å². The molecular weight excluding hydrogens is 496 g/mol. The molecule has 8 rings (SSSR count). The molecule has 4 aliphatic rings. The van der Waals surface area contributed by atoms with Crippen LogP contribution in [0.15, 0.2) is 97.1 Å². The summed E-state index contributed by atoms with van der Waals surface area (Å²) < 4.78 is 0. The Morgan fingerprint density at radius 3 is 1.60 bits per heavy atom. The third kappa shape index (κ3) is 3.57. The van der Waals surface area contributed by atoms with Crippen LogP contribution in [-0.2, 0) is 20.8 Å². The van der Waals surface area contributed by atoms with Gasteiger partial charge in [-0.2, -0.15) is 0 Å². The van der Waals surface area contributed by atoms with Crippen LogP contribution >= 0.6 is 0 Å². The van der Waals surface area contributed by atoms with E-state index in [2.05, 4.69) is 29.6 Å². The van der Waals surface area contributed by atoms with Crippen molar-refractivity contribution in [3.8, 4) is 0 Å². The maximum Gasteiger partial charge on any atom is 0.248 e. The predicted octanol–water partition coefficient (Wildman–Crippen LogP) is 5.75. The lowest BCUT2D eigenvalue weighted by molar-refractivity contribution is -0.146. The number of hydrogen-bond acceptors (Lipinski definition) is 3. The molecule has 3 amide bonds. The highest BCUT2D eigenvalue weighted by atomic mass is 16.2. The number of carbonyl (C=O) groups is 3. The van der Waals surface area contributed by atoms with Gasteiger partial charge in [-0.05, 0) is 52.8 Å². The molecule has 3 atom stereocenters. The molecule has 5 nitrogen and oxygen atoms in total. The topological polar surface area (TPSA) is 66.5 Å². The van der Waals surface area contributed by atoms with Gasteiger partial charge in [-0.25, -0.2) is 0 Å². The van der Waals surface area contributed by atoms with Crippen LogP contribution in [0.25, 0.3) is 0 Å². The molecule has 0 saturated carbocycles. The standard InChI is InChI=1S/C35H30N2O3/c1-20-11-10-12-21(2)32(20)36-33(38)27(19-22-13-4-3-5-14-22)37-34(39)30-28-23-15-6-7-16-24(23)29(31(30)35(37)40)26-18-9-8-17-25(26)28/h3-18,27-31H,19H2,1-2H3,(H,36,38)/t27-,28?,29?,30-,31-/m0/s1. The van der Waals surface area contributed by atoms with Gasteiger partial charge in [-0.1, -0.05) is 97.1 Å². The number of benzene rings is 4. The number of hydrogen-bond donors (Lipinski definition) is 1. The van der Waals surface area contributed by atoms with E-state index < -0.39 is 17.9 Å². The van der Waals surface area contributed by atoms with Crippen LogP contribution < -0.4 is 5.32 Å². The summed E-state index contributed by atoms with van der Waals surface area (Å²) in [4.78, 5) is 44.2. The van der Waals surface area contributed by atoms with Gasteiger partial charge < -0.3 is 5.32 Å². The number of amides is 3. The molecule has 1 saturated heterocycles. The fourth-order valence-electron chi connectivity index (χ4n) is 7.36. The zero-order valence-corrected chi connectivity index (χ0v) is 22.5. The molecule has 1 fully saturated rings. The van der Waals surface area contributed by atoms with Gasteiger partial charge >= 0.3 is 0 Å². The van der Waals surface area contributed by atoms with Crippen molar-refractivity contribution in [1.29, 1.82) is 0 Å². The Balaban J connectivity index is 1.32. The molecule has 40 heavy (non-hydrogen) atoms. The Labute approximate surface area is 233 Å². The highest BCUT2D eigenvalue weighted by Crippen LogP contribution is 2.61. The second-order valence-corrected chi connectivity index (χ2v) is 11.3. The number of para-hydroxylation sites is 1. The summed E-state index contributed by atoms with van der Waals surface area (Å²) >= 11 is 0. The van der Waals surface area contributed by atoms with Crippen molar-refractivity contribution in [2.24, 2.45) is 11.8 Å². The maximum atomic E-state index is 14.4. The lowest BCUT2D eigenvalue weighted by Crippen LogP contribution is -2.49. The van der Waals surface area contributed by atoms with E-state index in [1.54, 1.807) is 0 Å². The molecule has 4 aromatic rings. The average Bonchev–Trinajstić information content (AvgIpc) is 3.24. The van der Waals surface area contributed by atoms with Gasteiger partial charge in [0.15, 0.2) is 0 Å². The fraction of sp³-hybridized carbons (Fsp3) is 0.229. The quantitative estimate of drug-likeness (QED) is 0.337. The van der Waals surface area contributed by atoms with E-state index in [-0.39, 0.29) is 36.0 Å². The average molecular weight is 527 g/mol. The van der Waals surface area contributed by atoms with Crippen LogP contribution in [0, 0.1) is 25.7 Å². The van der Waals surface area contributed by atoms with Crippen LogP contribution in [0.1, 0.15) is 50.8 Å². The third-order valence-corrected chi connectivity index (χ3v) is 9.10. The minimum absolute atomic E-state index is 0.206. The summed E-state index contributed by atoms with van der Waals surface area (Å²) in [7, 11) is 0. The van der Waals surface area contributed by atoms with E-state index in [0.717, 1.165) is 44.6 Å². The Hall–Kier alpha value is -4.51. The first-order valence-corrected chi connectivity index (χ1v) is 13.9. The zero-order chi connectivity index (χ0) is 27.5. The van der Waals surface area contributed by atoms with Crippen molar-refractivity contribution in [2.75, 3.05) is 5.32 Å². The zero-order valence-electron chi connectivity index (χ0n) is 22.5. The minimum Gasteiger partial charge on any atom is -0.324 e. The maximum absolute atomic E-state index is 14.4. The summed E-state index contributed by atoms with van der Waals surface area (Å²) in [5.74, 6) is -2.28. The summed E-state index contributed by atoms with van der Waals surface area (Å²) in [6.45, 7) is 3.89. The van der Waals surface area contributed by atoms with Gasteiger partial charge in [0.1, 0.15) is 6.04 Å². The highest BCUT2D eigenvalue weighted by Gasteiger charge is 2.63. The molecule has 0 unspecified atom stereocenters. The molecule has 1 N–H and O–H groups in total. The normalized spacial score (nSPS) is 22.9. The number of nitrogens with zero attached hydrogens (tertiary/aromatic N) is 1. The van der Waals surface area contributed by atoms with Gasteiger partial charge in [0, 0.05) is 23.9 Å². The number of anilines is 1. The summed E-state index contributed by atoms with van der Waals surface area (Å²) in [5.41, 5.74) is 7.97. The van der Waals surface area contributed by atoms with Crippen molar-refractivity contribution < 1.29 is 14.4 Å². The van der Waals surface area contributed by atoms with Crippen LogP contribution in [0.2, 0.25) is 0 Å². The minimum atomic E-state index is -0.961. The number of likely N-dealkylation sites (tertiary alicyclic amines) is 1. The van der Waals surface area contributed by atoms with E-state index >= 15 is 0 Å². The molecule has 1 heterocycles. The van der Waals surface area contributed by atoms with Crippen molar-refractivity contribution >= 4 is 23.4 Å². The first kappa shape index (κ1) is 24.5. The number of rotatable bonds is 5. The van der Waals surface area contributed by atoms with E-state index in [1.165, 1.54) is 4.90 Å². The van der Waals surface area contributed by atoms with Crippen LogP contribution in [-0.4, -0.2) is 28.7 Å². The second kappa shape index (κ2) is 9.30. The monoisotopic (exact) mass is 526 g/mol. The van der Waals surface area contributed by atoms with E-state index in [0.29, 0.717) is 0 Å². The summed E-state index contributed by atoms with van der Waals surface area (Å²) in [6.07, 6.45) is 0.254. The van der Waals surface area contributed by atoms with Gasteiger partial charge in [0.25, 0.3) is 0 Å². The van der Waals surface area contributed by atoms with Gasteiger partial charge in [-0.3, -0.25) is 19.3 Å². The lowest BCUT2D eigenvalue weighted by Gasteiger charge is -2.45. The highest BCUT2D eigenvalue weighted by molar-refractivity contribution is 6.12. The third-order valence-electron chi connectivity index (χ3n) is 9.10. The molecular formula is C35H30N2O3. The largest absolute Gasteiger partial charge is 0.324 e. The van der Waals surface area contributed by atoms with E-state index in [1.807, 2.05) is 86.6 Å². The molecule has 0 radical (unpaired) electrons. The molecule has 5 heteroatoms. The SMILES string of the molecule is Cc1cccc(C)c1NC(=O)[C@H](Cc1ccccc1)N1C(=O)[C@H]2C3c4ccccc4C(c4ccccc43)[C@@H]2C1=O. The molecule has 0 aromatic heterocycles. The van der Waals surface area contributed by atoms with Gasteiger partial charge in [0.2, 0.25) is 17.7 Å². The van der Waals surface area contributed by atoms with Gasteiger partial charge in [0.05, 0.1) is 11.8 Å². The Kier molecular flexibility index (Phi) is 5.70. The Bertz CT molecular complexity index is 1540. The van der Waals surface area contributed by atoms with E-state index in [9.17, 15) is 14.4 Å². The Morgan fingerprint density at radius 2 is 1.12 bits per heavy atom. The first-order chi connectivity index (χ1) is 19.5. The molecule has 198 valence electrons. The van der Waals surface area contributed by atoms with Crippen molar-refractivity contribution in [1.82, 2.24) is 4.90 Å². The molecule has 1 aliphatic heterocycles. The van der Waals surface area contributed by atoms with Crippen LogP contribution in [0.4, 0.5) is 5.69 Å². The molecule has 0 spiro atoms. The predicted molar refractivity (Wildman–Crippen MR) is 154 cm³/mol. The van der Waals surface area contributed by atoms with Crippen LogP contribution in [0.5, 0.6) is 0 Å². The number of aryl methyl sites for hydroxylation is 2. The molecule has 4 aromatic carbocycles. The Morgan fingerprint density at radius 1 is 0.675 bits per heavy atom. The van der Waals surface area contributed by atoms with E-state index in [4.69, 9.17) is 0 Å². The molecule has 2 bridgehead atoms. The van der Waals surface area contributed by atoms with Crippen LogP contribution in [0.3, 0.4) is 0 Å². The van der Waals surface area contributed by atoms with Crippen molar-refractivity contribution in [2.45, 2.75) is 38.1 Å². The first-order valence-electron chi connectivity index (χ1n) is 13.9.